The molecule has 216 valence electrons. The highest BCUT2D eigenvalue weighted by molar-refractivity contribution is 5.93. The normalized spacial score (nSPS) is 14.9. The predicted molar refractivity (Wildman–Crippen MR) is 176 cm³/mol. The average molecular weight is 559 g/mol. The van der Waals surface area contributed by atoms with E-state index in [0.717, 1.165) is 59.4 Å². The summed E-state index contributed by atoms with van der Waals surface area (Å²) in [5, 5.41) is 2.44. The highest BCUT2D eigenvalue weighted by atomic mass is 14.9. The summed E-state index contributed by atoms with van der Waals surface area (Å²) in [7, 11) is 0. The molecule has 2 heterocycles. The molecule has 0 saturated heterocycles. The van der Waals surface area contributed by atoms with Gasteiger partial charge in [-0.05, 0) is 108 Å². The SMILES string of the molecule is CC(N)[C@H](C)CCc1nc2ccc(-c3ccc4cc(-c5ccc6nc(CCC(C)[C@@H](C)N)[nH]c6c5)ccc4c3)cc2[nH]1. The van der Waals surface area contributed by atoms with Gasteiger partial charge >= 0.3 is 0 Å². The Labute approximate surface area is 248 Å². The number of imidazole rings is 2. The van der Waals surface area contributed by atoms with Gasteiger partial charge in [-0.3, -0.25) is 0 Å². The van der Waals surface area contributed by atoms with Crippen molar-refractivity contribution in [3.63, 3.8) is 0 Å². The molecule has 0 aliphatic heterocycles. The Morgan fingerprint density at radius 3 is 1.33 bits per heavy atom. The summed E-state index contributed by atoms with van der Waals surface area (Å²) in [6, 6.07) is 26.8. The van der Waals surface area contributed by atoms with Crippen LogP contribution in [0.3, 0.4) is 0 Å². The van der Waals surface area contributed by atoms with Crippen LogP contribution >= 0.6 is 0 Å². The van der Waals surface area contributed by atoms with E-state index in [2.05, 4.69) is 110 Å². The predicted octanol–water partition coefficient (Wildman–Crippen LogP) is 7.76. The number of fused-ring (bicyclic) bond motifs is 3. The summed E-state index contributed by atoms with van der Waals surface area (Å²) in [6.45, 7) is 8.55. The fourth-order valence-corrected chi connectivity index (χ4v) is 5.58. The number of hydrogen-bond acceptors (Lipinski definition) is 4. The maximum absolute atomic E-state index is 6.04. The van der Waals surface area contributed by atoms with Crippen LogP contribution in [-0.2, 0) is 12.8 Å². The lowest BCUT2D eigenvalue weighted by molar-refractivity contribution is 0.447. The summed E-state index contributed by atoms with van der Waals surface area (Å²) in [6.07, 6.45) is 3.88. The van der Waals surface area contributed by atoms with Gasteiger partial charge in [0.2, 0.25) is 0 Å². The quantitative estimate of drug-likeness (QED) is 0.138. The molecule has 4 aromatic carbocycles. The van der Waals surface area contributed by atoms with Gasteiger partial charge in [-0.2, -0.15) is 0 Å². The summed E-state index contributed by atoms with van der Waals surface area (Å²) >= 11 is 0. The largest absolute Gasteiger partial charge is 0.342 e. The van der Waals surface area contributed by atoms with E-state index >= 15 is 0 Å². The molecule has 0 amide bonds. The van der Waals surface area contributed by atoms with Gasteiger partial charge in [-0.25, -0.2) is 9.97 Å². The van der Waals surface area contributed by atoms with Gasteiger partial charge in [0.25, 0.3) is 0 Å². The number of aromatic amines is 2. The molecule has 0 spiro atoms. The van der Waals surface area contributed by atoms with Crippen molar-refractivity contribution in [2.45, 2.75) is 65.5 Å². The zero-order valence-electron chi connectivity index (χ0n) is 25.1. The average Bonchev–Trinajstić information content (AvgIpc) is 3.60. The van der Waals surface area contributed by atoms with E-state index in [-0.39, 0.29) is 12.1 Å². The molecule has 2 aromatic heterocycles. The fraction of sp³-hybridized carbons (Fsp3) is 0.333. The maximum atomic E-state index is 6.04. The lowest BCUT2D eigenvalue weighted by atomic mass is 9.97. The third-order valence-electron chi connectivity index (χ3n) is 9.04. The van der Waals surface area contributed by atoms with Crippen molar-refractivity contribution < 1.29 is 0 Å². The van der Waals surface area contributed by atoms with Crippen LogP contribution in [0.2, 0.25) is 0 Å². The monoisotopic (exact) mass is 558 g/mol. The fourth-order valence-electron chi connectivity index (χ4n) is 5.58. The molecule has 0 radical (unpaired) electrons. The Morgan fingerprint density at radius 1 is 0.548 bits per heavy atom. The Hall–Kier alpha value is -4.00. The standard InChI is InChI=1S/C36H42N6/c1-21(23(3)37)5-15-35-39-31-13-11-29(19-33(31)41-35)27-9-7-26-18-28(10-8-25(26)17-27)30-12-14-32-34(20-30)42-36(40-32)16-6-22(2)24(4)38/h7-14,17-24H,5-6,15-16,37-38H2,1-4H3,(H,39,41)(H,40,42)/t21-,22?,23?,24-/m1/s1. The molecule has 6 rings (SSSR count). The third-order valence-corrected chi connectivity index (χ3v) is 9.04. The van der Waals surface area contributed by atoms with Crippen LogP contribution in [0.1, 0.15) is 52.2 Å². The van der Waals surface area contributed by atoms with E-state index in [0.29, 0.717) is 11.8 Å². The van der Waals surface area contributed by atoms with Gasteiger partial charge in [0.05, 0.1) is 22.1 Å². The van der Waals surface area contributed by atoms with Crippen LogP contribution in [0.5, 0.6) is 0 Å². The molecule has 0 saturated carbocycles. The third kappa shape index (κ3) is 5.96. The minimum absolute atomic E-state index is 0.197. The molecule has 42 heavy (non-hydrogen) atoms. The first-order valence-electron chi connectivity index (χ1n) is 15.3. The molecule has 2 unspecified atom stereocenters. The molecular formula is C36H42N6. The highest BCUT2D eigenvalue weighted by Gasteiger charge is 2.12. The van der Waals surface area contributed by atoms with Crippen molar-refractivity contribution in [1.82, 2.24) is 19.9 Å². The topological polar surface area (TPSA) is 109 Å². The van der Waals surface area contributed by atoms with Crippen LogP contribution < -0.4 is 11.5 Å². The number of nitrogens with zero attached hydrogens (tertiary/aromatic N) is 2. The van der Waals surface area contributed by atoms with Crippen molar-refractivity contribution in [3.8, 4) is 22.3 Å². The van der Waals surface area contributed by atoms with E-state index in [1.54, 1.807) is 0 Å². The van der Waals surface area contributed by atoms with Gasteiger partial charge in [0, 0.05) is 24.9 Å². The summed E-state index contributed by atoms with van der Waals surface area (Å²) in [4.78, 5) is 16.7. The number of hydrogen-bond donors (Lipinski definition) is 4. The first-order valence-corrected chi connectivity index (χ1v) is 15.3. The van der Waals surface area contributed by atoms with E-state index in [9.17, 15) is 0 Å². The second-order valence-electron chi connectivity index (χ2n) is 12.4. The zero-order chi connectivity index (χ0) is 29.4. The molecule has 6 heteroatoms. The molecule has 0 aliphatic rings. The van der Waals surface area contributed by atoms with Crippen LogP contribution in [-0.4, -0.2) is 32.0 Å². The van der Waals surface area contributed by atoms with Crippen LogP contribution in [0, 0.1) is 11.8 Å². The van der Waals surface area contributed by atoms with Gasteiger partial charge in [-0.1, -0.05) is 50.2 Å². The number of rotatable bonds is 10. The lowest BCUT2D eigenvalue weighted by Gasteiger charge is -2.13. The van der Waals surface area contributed by atoms with Crippen molar-refractivity contribution in [2.75, 3.05) is 0 Å². The minimum Gasteiger partial charge on any atom is -0.342 e. The Morgan fingerprint density at radius 2 is 0.929 bits per heavy atom. The van der Waals surface area contributed by atoms with E-state index in [1.807, 2.05) is 0 Å². The summed E-state index contributed by atoms with van der Waals surface area (Å²) in [5.41, 5.74) is 21.0. The van der Waals surface area contributed by atoms with Crippen molar-refractivity contribution in [3.05, 3.63) is 84.4 Å². The highest BCUT2D eigenvalue weighted by Crippen LogP contribution is 2.31. The number of benzene rings is 4. The van der Waals surface area contributed by atoms with Crippen molar-refractivity contribution >= 4 is 32.8 Å². The lowest BCUT2D eigenvalue weighted by Crippen LogP contribution is -2.24. The summed E-state index contributed by atoms with van der Waals surface area (Å²) < 4.78 is 0. The molecule has 6 N–H and O–H groups in total. The van der Waals surface area contributed by atoms with Crippen LogP contribution in [0.25, 0.3) is 55.1 Å². The first-order chi connectivity index (χ1) is 20.2. The number of nitrogens with one attached hydrogen (secondary N) is 2. The maximum Gasteiger partial charge on any atom is 0.107 e. The molecule has 4 atom stereocenters. The first kappa shape index (κ1) is 28.1. The second kappa shape index (κ2) is 11.7. The van der Waals surface area contributed by atoms with E-state index in [4.69, 9.17) is 21.4 Å². The molecule has 6 nitrogen and oxygen atoms in total. The molecule has 6 aromatic rings. The van der Waals surface area contributed by atoms with E-state index in [1.165, 1.54) is 33.0 Å². The van der Waals surface area contributed by atoms with E-state index < -0.39 is 0 Å². The van der Waals surface area contributed by atoms with Crippen LogP contribution in [0.4, 0.5) is 0 Å². The van der Waals surface area contributed by atoms with Crippen molar-refractivity contribution in [1.29, 1.82) is 0 Å². The summed E-state index contributed by atoms with van der Waals surface area (Å²) in [5.74, 6) is 3.00. The van der Waals surface area contributed by atoms with Gasteiger partial charge in [-0.15, -0.1) is 0 Å². The van der Waals surface area contributed by atoms with Gasteiger partial charge < -0.3 is 21.4 Å². The number of nitrogens with two attached hydrogens (primary N) is 2. The Bertz CT molecular complexity index is 1710. The Balaban J connectivity index is 1.21. The van der Waals surface area contributed by atoms with Crippen LogP contribution in [0.15, 0.2) is 72.8 Å². The molecular weight excluding hydrogens is 516 g/mol. The number of aromatic nitrogens is 4. The van der Waals surface area contributed by atoms with Gasteiger partial charge in [0.15, 0.2) is 0 Å². The zero-order valence-corrected chi connectivity index (χ0v) is 25.1. The van der Waals surface area contributed by atoms with Crippen molar-refractivity contribution in [2.24, 2.45) is 23.3 Å². The number of H-pyrrole nitrogens is 2. The minimum atomic E-state index is 0.197. The second-order valence-corrected chi connectivity index (χ2v) is 12.4. The van der Waals surface area contributed by atoms with Gasteiger partial charge in [0.1, 0.15) is 11.6 Å². The molecule has 0 bridgehead atoms. The molecule has 0 aliphatic carbocycles. The number of aryl methyl sites for hydroxylation is 2. The molecule has 0 fully saturated rings. The Kier molecular flexibility index (Phi) is 7.84. The smallest absolute Gasteiger partial charge is 0.107 e.